The molecule has 0 amide bonds. The molecule has 76 valence electrons. The van der Waals surface area contributed by atoms with E-state index in [1.807, 2.05) is 0 Å². The number of aromatic nitrogens is 1. The Morgan fingerprint density at radius 2 is 2.00 bits per heavy atom. The first-order valence-electron chi connectivity index (χ1n) is 4.46. The summed E-state index contributed by atoms with van der Waals surface area (Å²) in [4.78, 5) is 24.9. The van der Waals surface area contributed by atoms with E-state index in [2.05, 4.69) is 4.98 Å². The highest BCUT2D eigenvalue weighted by Gasteiger charge is 2.14. The van der Waals surface area contributed by atoms with Crippen LogP contribution in [0.25, 0.3) is 10.9 Å². The first kappa shape index (κ1) is 9.45. The van der Waals surface area contributed by atoms with E-state index in [0.717, 1.165) is 5.39 Å². The van der Waals surface area contributed by atoms with Crippen molar-refractivity contribution in [2.75, 3.05) is 0 Å². The van der Waals surface area contributed by atoms with Gasteiger partial charge in [-0.15, -0.1) is 0 Å². The number of fused-ring (bicyclic) bond motifs is 1. The van der Waals surface area contributed by atoms with Gasteiger partial charge in [0.05, 0.1) is 0 Å². The van der Waals surface area contributed by atoms with E-state index in [1.54, 1.807) is 31.2 Å². The van der Waals surface area contributed by atoms with E-state index in [1.165, 1.54) is 0 Å². The lowest BCUT2D eigenvalue weighted by molar-refractivity contribution is 0.0694. The highest BCUT2D eigenvalue weighted by Crippen LogP contribution is 2.16. The molecule has 0 spiro atoms. The lowest BCUT2D eigenvalue weighted by Crippen LogP contribution is -2.19. The van der Waals surface area contributed by atoms with Crippen LogP contribution in [-0.4, -0.2) is 16.1 Å². The lowest BCUT2D eigenvalue weighted by Gasteiger charge is -2.04. The van der Waals surface area contributed by atoms with Gasteiger partial charge in [0, 0.05) is 10.9 Å². The molecule has 1 aromatic carbocycles. The van der Waals surface area contributed by atoms with Crippen molar-refractivity contribution in [1.82, 2.24) is 4.98 Å². The van der Waals surface area contributed by atoms with E-state index < -0.39 is 11.5 Å². The number of carboxylic acid groups (broad SMARTS) is 1. The van der Waals surface area contributed by atoms with Crippen LogP contribution in [0.1, 0.15) is 15.9 Å². The highest BCUT2D eigenvalue weighted by molar-refractivity contribution is 5.95. The highest BCUT2D eigenvalue weighted by atomic mass is 16.4. The number of nitrogens with one attached hydrogen (secondary N) is 1. The van der Waals surface area contributed by atoms with Gasteiger partial charge in [-0.2, -0.15) is 0 Å². The van der Waals surface area contributed by atoms with Crippen LogP contribution in [0, 0.1) is 6.92 Å². The molecule has 0 aliphatic rings. The second-order valence-corrected chi connectivity index (χ2v) is 3.30. The molecule has 0 aliphatic carbocycles. The van der Waals surface area contributed by atoms with Crippen molar-refractivity contribution in [1.29, 1.82) is 0 Å². The van der Waals surface area contributed by atoms with Crippen LogP contribution in [0.3, 0.4) is 0 Å². The quantitative estimate of drug-likeness (QED) is 0.738. The van der Waals surface area contributed by atoms with Gasteiger partial charge in [0.2, 0.25) is 0 Å². The summed E-state index contributed by atoms with van der Waals surface area (Å²) < 4.78 is 0. The number of hydrogen-bond acceptors (Lipinski definition) is 2. The summed E-state index contributed by atoms with van der Waals surface area (Å²) in [5.74, 6) is -1.19. The molecule has 0 radical (unpaired) electrons. The van der Waals surface area contributed by atoms with E-state index in [0.29, 0.717) is 11.1 Å². The Labute approximate surface area is 85.2 Å². The average molecular weight is 203 g/mol. The molecular formula is C11H9NO3. The van der Waals surface area contributed by atoms with E-state index in [-0.39, 0.29) is 5.56 Å². The third-order valence-electron chi connectivity index (χ3n) is 2.40. The van der Waals surface area contributed by atoms with Crippen molar-refractivity contribution in [2.24, 2.45) is 0 Å². The second kappa shape index (κ2) is 3.24. The molecule has 0 aliphatic heterocycles. The normalized spacial score (nSPS) is 10.5. The van der Waals surface area contributed by atoms with E-state index >= 15 is 0 Å². The summed E-state index contributed by atoms with van der Waals surface area (Å²) in [5.41, 5.74) is 0.416. The number of rotatable bonds is 1. The maximum atomic E-state index is 11.5. The number of H-pyrrole nitrogens is 1. The molecule has 2 aromatic rings. The summed E-state index contributed by atoms with van der Waals surface area (Å²) in [6.45, 7) is 1.64. The van der Waals surface area contributed by atoms with Crippen molar-refractivity contribution in [3.05, 3.63) is 45.7 Å². The van der Waals surface area contributed by atoms with Crippen LogP contribution >= 0.6 is 0 Å². The predicted molar refractivity (Wildman–Crippen MR) is 56.3 cm³/mol. The number of aromatic amines is 1. The van der Waals surface area contributed by atoms with Crippen molar-refractivity contribution >= 4 is 16.9 Å². The number of benzene rings is 1. The molecule has 0 fully saturated rings. The summed E-state index contributed by atoms with van der Waals surface area (Å²) in [7, 11) is 0. The third-order valence-corrected chi connectivity index (χ3v) is 2.40. The first-order valence-corrected chi connectivity index (χ1v) is 4.46. The molecule has 0 unspecified atom stereocenters. The first-order chi connectivity index (χ1) is 7.11. The minimum Gasteiger partial charge on any atom is -0.477 e. The van der Waals surface area contributed by atoms with Crippen LogP contribution in [0.2, 0.25) is 0 Å². The molecule has 15 heavy (non-hydrogen) atoms. The fraction of sp³-hybridized carbons (Fsp3) is 0.0909. The molecular weight excluding hydrogens is 194 g/mol. The Morgan fingerprint density at radius 1 is 1.33 bits per heavy atom. The van der Waals surface area contributed by atoms with Gasteiger partial charge in [-0.25, -0.2) is 4.79 Å². The predicted octanol–water partition coefficient (Wildman–Crippen LogP) is 1.53. The van der Waals surface area contributed by atoms with Gasteiger partial charge >= 0.3 is 5.97 Å². The minimum atomic E-state index is -1.19. The van der Waals surface area contributed by atoms with E-state index in [4.69, 9.17) is 5.11 Å². The fourth-order valence-corrected chi connectivity index (χ4v) is 1.67. The number of pyridine rings is 1. The van der Waals surface area contributed by atoms with Crippen molar-refractivity contribution in [2.45, 2.75) is 6.92 Å². The fourth-order valence-electron chi connectivity index (χ4n) is 1.67. The Morgan fingerprint density at radius 3 is 2.67 bits per heavy atom. The monoisotopic (exact) mass is 203 g/mol. The Balaban J connectivity index is 2.97. The molecule has 0 saturated carbocycles. The Kier molecular flexibility index (Phi) is 2.04. The standard InChI is InChI=1S/C11H9NO3/c1-6-7-4-2-3-5-8(7)12-10(13)9(6)11(14)15/h2-5H,1H3,(H,12,13)(H,14,15). The van der Waals surface area contributed by atoms with Crippen LogP contribution in [0.4, 0.5) is 0 Å². The largest absolute Gasteiger partial charge is 0.477 e. The molecule has 0 saturated heterocycles. The summed E-state index contributed by atoms with van der Waals surface area (Å²) in [5, 5.41) is 9.64. The van der Waals surface area contributed by atoms with Crippen LogP contribution < -0.4 is 5.56 Å². The van der Waals surface area contributed by atoms with Gasteiger partial charge in [0.25, 0.3) is 5.56 Å². The van der Waals surface area contributed by atoms with Crippen molar-refractivity contribution in [3.8, 4) is 0 Å². The number of hydrogen-bond donors (Lipinski definition) is 2. The van der Waals surface area contributed by atoms with Gasteiger partial charge < -0.3 is 10.1 Å². The molecule has 4 heteroatoms. The van der Waals surface area contributed by atoms with Crippen molar-refractivity contribution < 1.29 is 9.90 Å². The number of para-hydroxylation sites is 1. The molecule has 0 bridgehead atoms. The smallest absolute Gasteiger partial charge is 0.341 e. The number of aryl methyl sites for hydroxylation is 1. The number of carbonyl (C=O) groups is 1. The number of aromatic carboxylic acids is 1. The zero-order valence-corrected chi connectivity index (χ0v) is 8.07. The molecule has 1 heterocycles. The van der Waals surface area contributed by atoms with Crippen molar-refractivity contribution in [3.63, 3.8) is 0 Å². The Bertz CT molecular complexity index is 598. The van der Waals surface area contributed by atoms with Crippen LogP contribution in [0.5, 0.6) is 0 Å². The summed E-state index contributed by atoms with van der Waals surface area (Å²) >= 11 is 0. The zero-order valence-electron chi connectivity index (χ0n) is 8.07. The maximum absolute atomic E-state index is 11.5. The average Bonchev–Trinajstić information content (AvgIpc) is 2.17. The zero-order chi connectivity index (χ0) is 11.0. The number of carboxylic acids is 1. The van der Waals surface area contributed by atoms with Gasteiger partial charge in [-0.3, -0.25) is 4.79 Å². The van der Waals surface area contributed by atoms with Gasteiger partial charge in [0.15, 0.2) is 0 Å². The molecule has 2 rings (SSSR count). The molecule has 1 aromatic heterocycles. The molecule has 2 N–H and O–H groups in total. The van der Waals surface area contributed by atoms with Gasteiger partial charge in [-0.05, 0) is 18.6 Å². The Hall–Kier alpha value is -2.10. The second-order valence-electron chi connectivity index (χ2n) is 3.30. The minimum absolute atomic E-state index is 0.186. The van der Waals surface area contributed by atoms with Crippen LogP contribution in [0.15, 0.2) is 29.1 Å². The molecule has 0 atom stereocenters. The van der Waals surface area contributed by atoms with Gasteiger partial charge in [-0.1, -0.05) is 18.2 Å². The van der Waals surface area contributed by atoms with E-state index in [9.17, 15) is 9.59 Å². The summed E-state index contributed by atoms with van der Waals surface area (Å²) in [6, 6.07) is 7.12. The van der Waals surface area contributed by atoms with Gasteiger partial charge in [0.1, 0.15) is 5.56 Å². The maximum Gasteiger partial charge on any atom is 0.341 e. The SMILES string of the molecule is Cc1c(C(=O)O)c(=O)[nH]c2ccccc12. The topological polar surface area (TPSA) is 70.2 Å². The third kappa shape index (κ3) is 1.40. The summed E-state index contributed by atoms with van der Waals surface area (Å²) in [6.07, 6.45) is 0. The van der Waals surface area contributed by atoms with Crippen LogP contribution in [-0.2, 0) is 0 Å². The molecule has 4 nitrogen and oxygen atoms in total. The lowest BCUT2D eigenvalue weighted by atomic mass is 10.1.